The second-order valence-electron chi connectivity index (χ2n) is 7.43. The summed E-state index contributed by atoms with van der Waals surface area (Å²) in [5.74, 6) is -0.997. The maximum Gasteiger partial charge on any atom is 0.308 e. The third kappa shape index (κ3) is 3.74. The molecule has 28 heavy (non-hydrogen) atoms. The predicted molar refractivity (Wildman–Crippen MR) is 101 cm³/mol. The van der Waals surface area contributed by atoms with Crippen molar-refractivity contribution in [1.82, 2.24) is 5.16 Å². The summed E-state index contributed by atoms with van der Waals surface area (Å²) in [6, 6.07) is 7.28. The van der Waals surface area contributed by atoms with Crippen molar-refractivity contribution < 1.29 is 28.0 Å². The molecule has 0 unspecified atom stereocenters. The van der Waals surface area contributed by atoms with Crippen molar-refractivity contribution in [3.05, 3.63) is 41.7 Å². The highest BCUT2D eigenvalue weighted by Crippen LogP contribution is 2.46. The van der Waals surface area contributed by atoms with Crippen LogP contribution in [-0.4, -0.2) is 17.1 Å². The summed E-state index contributed by atoms with van der Waals surface area (Å²) in [5.41, 5.74) is 1.27. The molecule has 0 fully saturated rings. The van der Waals surface area contributed by atoms with Crippen LogP contribution >= 0.6 is 0 Å². The van der Waals surface area contributed by atoms with Gasteiger partial charge in [-0.2, -0.15) is 0 Å². The van der Waals surface area contributed by atoms with Crippen molar-refractivity contribution in [2.75, 3.05) is 0 Å². The van der Waals surface area contributed by atoms with E-state index in [2.05, 4.69) is 5.16 Å². The third-order valence-electron chi connectivity index (χ3n) is 4.09. The van der Waals surface area contributed by atoms with Crippen LogP contribution in [0.4, 0.5) is 4.39 Å². The molecule has 0 amide bonds. The molecular formula is C21H20FNO5. The van der Waals surface area contributed by atoms with E-state index in [4.69, 9.17) is 14.0 Å². The van der Waals surface area contributed by atoms with E-state index in [1.807, 2.05) is 20.8 Å². The smallest absolute Gasteiger partial charge is 0.308 e. The van der Waals surface area contributed by atoms with Crippen molar-refractivity contribution in [2.24, 2.45) is 0 Å². The highest BCUT2D eigenvalue weighted by atomic mass is 19.1. The number of carbonyl (C=O) groups excluding carboxylic acids is 2. The number of ether oxygens (including phenoxy) is 2. The summed E-state index contributed by atoms with van der Waals surface area (Å²) in [6.45, 7) is 8.38. The number of halogens is 1. The highest BCUT2D eigenvalue weighted by Gasteiger charge is 2.30. The molecule has 0 radical (unpaired) electrons. The summed E-state index contributed by atoms with van der Waals surface area (Å²) in [6.07, 6.45) is 0. The number of hydrogen-bond donors (Lipinski definition) is 0. The number of carbonyl (C=O) groups is 2. The van der Waals surface area contributed by atoms with Gasteiger partial charge >= 0.3 is 11.9 Å². The van der Waals surface area contributed by atoms with E-state index in [0.29, 0.717) is 22.2 Å². The quantitative estimate of drug-likeness (QED) is 0.477. The van der Waals surface area contributed by atoms with Gasteiger partial charge in [0.15, 0.2) is 5.75 Å². The van der Waals surface area contributed by atoms with Crippen molar-refractivity contribution in [3.63, 3.8) is 0 Å². The second kappa shape index (κ2) is 7.07. The molecule has 146 valence electrons. The number of nitrogens with zero attached hydrogens (tertiary/aromatic N) is 1. The van der Waals surface area contributed by atoms with Gasteiger partial charge in [-0.1, -0.05) is 25.9 Å². The van der Waals surface area contributed by atoms with Gasteiger partial charge in [-0.25, -0.2) is 4.39 Å². The van der Waals surface area contributed by atoms with E-state index in [0.717, 1.165) is 0 Å². The van der Waals surface area contributed by atoms with E-state index in [-0.39, 0.29) is 17.1 Å². The van der Waals surface area contributed by atoms with Crippen LogP contribution in [-0.2, 0) is 15.0 Å². The molecule has 1 aromatic heterocycles. The van der Waals surface area contributed by atoms with Gasteiger partial charge in [-0.3, -0.25) is 9.59 Å². The van der Waals surface area contributed by atoms with Gasteiger partial charge in [0.1, 0.15) is 17.3 Å². The lowest BCUT2D eigenvalue weighted by atomic mass is 9.84. The van der Waals surface area contributed by atoms with Crippen LogP contribution in [0.15, 0.2) is 34.9 Å². The Hall–Kier alpha value is -3.22. The number of hydrogen-bond acceptors (Lipinski definition) is 6. The molecule has 0 aliphatic carbocycles. The SMILES string of the molecule is CC(=O)Oc1cc(C(C)(C)C)c(OC(C)=O)c2c(-c3ccc(F)cc3)noc12. The number of benzene rings is 2. The Balaban J connectivity index is 2.41. The largest absolute Gasteiger partial charge is 0.426 e. The minimum Gasteiger partial charge on any atom is -0.426 e. The Morgan fingerprint density at radius 2 is 1.64 bits per heavy atom. The fraction of sp³-hybridized carbons (Fsp3) is 0.286. The summed E-state index contributed by atoms with van der Waals surface area (Å²) < 4.78 is 29.6. The zero-order valence-electron chi connectivity index (χ0n) is 16.3. The molecule has 0 saturated carbocycles. The molecule has 0 atom stereocenters. The topological polar surface area (TPSA) is 78.6 Å². The summed E-state index contributed by atoms with van der Waals surface area (Å²) in [5, 5.41) is 4.45. The van der Waals surface area contributed by atoms with Gasteiger partial charge in [-0.15, -0.1) is 0 Å². The van der Waals surface area contributed by atoms with E-state index in [1.54, 1.807) is 18.2 Å². The van der Waals surface area contributed by atoms with Gasteiger partial charge in [0.25, 0.3) is 0 Å². The van der Waals surface area contributed by atoms with E-state index < -0.39 is 23.2 Å². The fourth-order valence-corrected chi connectivity index (χ4v) is 2.91. The predicted octanol–water partition coefficient (Wildman–Crippen LogP) is 4.78. The molecule has 0 bridgehead atoms. The highest BCUT2D eigenvalue weighted by molar-refractivity contribution is 6.02. The van der Waals surface area contributed by atoms with Crippen LogP contribution < -0.4 is 9.47 Å². The number of rotatable bonds is 3. The molecule has 0 spiro atoms. The average Bonchev–Trinajstić information content (AvgIpc) is 3.01. The first kappa shape index (κ1) is 19.5. The van der Waals surface area contributed by atoms with Gasteiger partial charge < -0.3 is 14.0 Å². The maximum absolute atomic E-state index is 13.4. The van der Waals surface area contributed by atoms with Gasteiger partial charge in [0.2, 0.25) is 5.58 Å². The summed E-state index contributed by atoms with van der Waals surface area (Å²) >= 11 is 0. The Bertz CT molecular complexity index is 1060. The molecule has 0 saturated heterocycles. The van der Waals surface area contributed by atoms with Crippen LogP contribution in [0, 0.1) is 5.82 Å². The number of esters is 2. The normalized spacial score (nSPS) is 11.5. The molecule has 3 aromatic rings. The molecule has 7 heteroatoms. The lowest BCUT2D eigenvalue weighted by Crippen LogP contribution is -2.16. The standard InChI is InChI=1S/C21H20FNO5/c1-11(24)26-16-10-15(21(3,4)5)19(27-12(2)25)17-18(23-28-20(16)17)13-6-8-14(22)9-7-13/h6-10H,1-5H3. The van der Waals surface area contributed by atoms with E-state index in [9.17, 15) is 14.0 Å². The Morgan fingerprint density at radius 3 is 2.18 bits per heavy atom. The van der Waals surface area contributed by atoms with Gasteiger partial charge in [0, 0.05) is 25.0 Å². The lowest BCUT2D eigenvalue weighted by Gasteiger charge is -2.23. The molecule has 6 nitrogen and oxygen atoms in total. The minimum atomic E-state index is -0.527. The van der Waals surface area contributed by atoms with Crippen LogP contribution in [0.3, 0.4) is 0 Å². The van der Waals surface area contributed by atoms with Crippen molar-refractivity contribution in [2.45, 2.75) is 40.0 Å². The summed E-state index contributed by atoms with van der Waals surface area (Å²) in [7, 11) is 0. The first-order valence-corrected chi connectivity index (χ1v) is 8.67. The van der Waals surface area contributed by atoms with Crippen LogP contribution in [0.25, 0.3) is 22.2 Å². The second-order valence-corrected chi connectivity index (χ2v) is 7.43. The molecule has 0 N–H and O–H groups in total. The number of fused-ring (bicyclic) bond motifs is 1. The molecule has 3 rings (SSSR count). The molecule has 2 aromatic carbocycles. The van der Waals surface area contributed by atoms with Crippen molar-refractivity contribution in [3.8, 4) is 22.8 Å². The third-order valence-corrected chi connectivity index (χ3v) is 4.09. The first-order valence-electron chi connectivity index (χ1n) is 8.67. The fourth-order valence-electron chi connectivity index (χ4n) is 2.91. The Kier molecular flexibility index (Phi) is 4.93. The van der Waals surface area contributed by atoms with Crippen LogP contribution in [0.5, 0.6) is 11.5 Å². The monoisotopic (exact) mass is 385 g/mol. The first-order chi connectivity index (χ1) is 13.1. The van der Waals surface area contributed by atoms with Gasteiger partial charge in [0.05, 0.1) is 5.39 Å². The number of aromatic nitrogens is 1. The Labute approximate surface area is 161 Å². The van der Waals surface area contributed by atoms with E-state index >= 15 is 0 Å². The molecule has 0 aliphatic rings. The minimum absolute atomic E-state index is 0.166. The van der Waals surface area contributed by atoms with Gasteiger partial charge in [-0.05, 0) is 35.7 Å². The molecular weight excluding hydrogens is 365 g/mol. The molecule has 0 aliphatic heterocycles. The maximum atomic E-state index is 13.4. The van der Waals surface area contributed by atoms with Crippen molar-refractivity contribution >= 4 is 22.9 Å². The van der Waals surface area contributed by atoms with Crippen molar-refractivity contribution in [1.29, 1.82) is 0 Å². The lowest BCUT2D eigenvalue weighted by molar-refractivity contribution is -0.133. The summed E-state index contributed by atoms with van der Waals surface area (Å²) in [4.78, 5) is 23.4. The zero-order valence-corrected chi connectivity index (χ0v) is 16.3. The molecule has 1 heterocycles. The van der Waals surface area contributed by atoms with Crippen LogP contribution in [0.1, 0.15) is 40.2 Å². The van der Waals surface area contributed by atoms with E-state index in [1.165, 1.54) is 26.0 Å². The average molecular weight is 385 g/mol. The van der Waals surface area contributed by atoms with Crippen LogP contribution in [0.2, 0.25) is 0 Å². The Morgan fingerprint density at radius 1 is 1.04 bits per heavy atom. The zero-order chi connectivity index (χ0) is 20.6.